The molecule has 1 unspecified atom stereocenters. The van der Waals surface area contributed by atoms with E-state index in [1.165, 1.54) is 0 Å². The predicted molar refractivity (Wildman–Crippen MR) is 52.6 cm³/mol. The molecule has 0 bridgehead atoms. The highest BCUT2D eigenvalue weighted by Crippen LogP contribution is 2.29. The van der Waals surface area contributed by atoms with Crippen LogP contribution in [-0.2, 0) is 4.79 Å². The minimum Gasteiger partial charge on any atom is -0.344 e. The Morgan fingerprint density at radius 1 is 1.60 bits per heavy atom. The number of nitrogens with zero attached hydrogens (tertiary/aromatic N) is 1. The fourth-order valence-electron chi connectivity index (χ4n) is 1.41. The van der Waals surface area contributed by atoms with Crippen LogP contribution in [-0.4, -0.2) is 48.2 Å². The van der Waals surface area contributed by atoms with Crippen molar-refractivity contribution in [1.29, 1.82) is 0 Å². The Kier molecular flexibility index (Phi) is 4.27. The van der Waals surface area contributed by atoms with E-state index in [4.69, 9.17) is 0 Å². The molecule has 1 amide bonds. The van der Waals surface area contributed by atoms with Gasteiger partial charge in [0.1, 0.15) is 0 Å². The number of carbonyl (C=O) groups is 1. The first-order valence-corrected chi connectivity index (χ1v) is 5.58. The number of hydrogen-bond donors (Lipinski definition) is 1. The van der Waals surface area contributed by atoms with Crippen molar-refractivity contribution in [3.05, 3.63) is 0 Å². The molecule has 0 saturated carbocycles. The molecule has 0 aromatic carbocycles. The maximum atomic E-state index is 11.8. The van der Waals surface area contributed by atoms with E-state index in [0.717, 1.165) is 0 Å². The number of likely N-dealkylation sites (tertiary alicyclic amines) is 1. The third kappa shape index (κ3) is 4.29. The van der Waals surface area contributed by atoms with Crippen molar-refractivity contribution in [2.45, 2.75) is 18.0 Å². The fourth-order valence-corrected chi connectivity index (χ4v) is 1.86. The molecular formula is C8H13F3N2OS. The van der Waals surface area contributed by atoms with Crippen molar-refractivity contribution in [3.63, 3.8) is 0 Å². The van der Waals surface area contributed by atoms with Crippen LogP contribution in [0.2, 0.25) is 0 Å². The van der Waals surface area contributed by atoms with Crippen LogP contribution in [0.25, 0.3) is 0 Å². The number of rotatable bonds is 4. The highest BCUT2D eigenvalue weighted by molar-refractivity contribution is 8.00. The summed E-state index contributed by atoms with van der Waals surface area (Å²) in [5.41, 5.74) is -4.18. The Balaban J connectivity index is 2.14. The Bertz CT molecular complexity index is 234. The van der Waals surface area contributed by atoms with Gasteiger partial charge in [0, 0.05) is 25.9 Å². The average Bonchev–Trinajstić information content (AvgIpc) is 2.42. The first-order valence-electron chi connectivity index (χ1n) is 4.59. The van der Waals surface area contributed by atoms with Crippen molar-refractivity contribution in [2.24, 2.45) is 0 Å². The average molecular weight is 242 g/mol. The van der Waals surface area contributed by atoms with Crippen molar-refractivity contribution >= 4 is 17.7 Å². The van der Waals surface area contributed by atoms with Gasteiger partial charge in [-0.25, -0.2) is 0 Å². The first kappa shape index (κ1) is 12.6. The third-order valence-electron chi connectivity index (χ3n) is 2.19. The Morgan fingerprint density at radius 3 is 2.73 bits per heavy atom. The SMILES string of the molecule is CN1CCC(NCCSC(F)(F)F)C1=O. The van der Waals surface area contributed by atoms with Gasteiger partial charge in [-0.05, 0) is 18.2 Å². The molecule has 1 rings (SSSR count). The van der Waals surface area contributed by atoms with E-state index in [0.29, 0.717) is 13.0 Å². The quantitative estimate of drug-likeness (QED) is 0.748. The largest absolute Gasteiger partial charge is 0.441 e. The summed E-state index contributed by atoms with van der Waals surface area (Å²) in [5.74, 6) is -0.0937. The molecule has 7 heteroatoms. The zero-order valence-corrected chi connectivity index (χ0v) is 9.12. The Hall–Kier alpha value is -0.430. The summed E-state index contributed by atoms with van der Waals surface area (Å²) in [6.07, 6.45) is 0.673. The molecule has 1 saturated heterocycles. The summed E-state index contributed by atoms with van der Waals surface area (Å²) >= 11 is -0.0684. The lowest BCUT2D eigenvalue weighted by Crippen LogP contribution is -2.38. The summed E-state index contributed by atoms with van der Waals surface area (Å²) in [6.45, 7) is 0.872. The molecule has 0 aromatic heterocycles. The second-order valence-corrected chi connectivity index (χ2v) is 4.51. The van der Waals surface area contributed by atoms with Gasteiger partial charge in [-0.1, -0.05) is 0 Å². The Morgan fingerprint density at radius 2 is 2.27 bits per heavy atom. The number of alkyl halides is 3. The minimum absolute atomic E-state index is 0.0352. The van der Waals surface area contributed by atoms with Crippen molar-refractivity contribution < 1.29 is 18.0 Å². The van der Waals surface area contributed by atoms with Gasteiger partial charge in [-0.15, -0.1) is 0 Å². The second kappa shape index (κ2) is 5.07. The van der Waals surface area contributed by atoms with Gasteiger partial charge in [-0.2, -0.15) is 13.2 Å². The van der Waals surface area contributed by atoms with E-state index in [1.54, 1.807) is 11.9 Å². The number of thioether (sulfide) groups is 1. The number of amides is 1. The highest BCUT2D eigenvalue weighted by Gasteiger charge is 2.30. The predicted octanol–water partition coefficient (Wildman–Crippen LogP) is 1.06. The van der Waals surface area contributed by atoms with Crippen LogP contribution in [0.1, 0.15) is 6.42 Å². The standard InChI is InChI=1S/C8H13F3N2OS/c1-13-4-2-6(7(13)14)12-3-5-15-8(9,10)11/h6,12H,2-5H2,1H3. The normalized spacial score (nSPS) is 22.5. The summed E-state index contributed by atoms with van der Waals surface area (Å²) in [7, 11) is 1.69. The molecule has 88 valence electrons. The number of halogens is 3. The first-order chi connectivity index (χ1) is 6.90. The van der Waals surface area contributed by atoms with Gasteiger partial charge in [0.25, 0.3) is 0 Å². The number of hydrogen-bond acceptors (Lipinski definition) is 3. The monoisotopic (exact) mass is 242 g/mol. The molecule has 0 radical (unpaired) electrons. The summed E-state index contributed by atoms with van der Waals surface area (Å²) in [4.78, 5) is 12.9. The fraction of sp³-hybridized carbons (Fsp3) is 0.875. The van der Waals surface area contributed by atoms with E-state index in [9.17, 15) is 18.0 Å². The molecule has 1 aliphatic rings. The molecular weight excluding hydrogens is 229 g/mol. The van der Waals surface area contributed by atoms with E-state index in [-0.39, 0.29) is 36.0 Å². The molecule has 0 aromatic rings. The van der Waals surface area contributed by atoms with Gasteiger partial charge in [0.2, 0.25) is 5.91 Å². The number of nitrogens with one attached hydrogen (secondary N) is 1. The molecule has 1 aliphatic heterocycles. The number of likely N-dealkylation sites (N-methyl/N-ethyl adjacent to an activating group) is 1. The van der Waals surface area contributed by atoms with Gasteiger partial charge >= 0.3 is 5.51 Å². The van der Waals surface area contributed by atoms with Crippen LogP contribution in [0.3, 0.4) is 0 Å². The third-order valence-corrected chi connectivity index (χ3v) is 2.92. The van der Waals surface area contributed by atoms with Crippen LogP contribution in [0.15, 0.2) is 0 Å². The zero-order chi connectivity index (χ0) is 11.5. The van der Waals surface area contributed by atoms with Gasteiger partial charge in [-0.3, -0.25) is 4.79 Å². The molecule has 3 nitrogen and oxygen atoms in total. The zero-order valence-electron chi connectivity index (χ0n) is 8.30. The minimum atomic E-state index is -4.18. The van der Waals surface area contributed by atoms with E-state index >= 15 is 0 Å². The lowest BCUT2D eigenvalue weighted by atomic mass is 10.2. The second-order valence-electron chi connectivity index (χ2n) is 3.35. The van der Waals surface area contributed by atoms with Gasteiger partial charge in [0.15, 0.2) is 0 Å². The van der Waals surface area contributed by atoms with Gasteiger partial charge < -0.3 is 10.2 Å². The van der Waals surface area contributed by atoms with E-state index < -0.39 is 5.51 Å². The number of carbonyl (C=O) groups excluding carboxylic acids is 1. The van der Waals surface area contributed by atoms with Crippen LogP contribution < -0.4 is 5.32 Å². The summed E-state index contributed by atoms with van der Waals surface area (Å²) in [5, 5.41) is 2.82. The van der Waals surface area contributed by atoms with Crippen molar-refractivity contribution in [3.8, 4) is 0 Å². The van der Waals surface area contributed by atoms with Crippen LogP contribution >= 0.6 is 11.8 Å². The molecule has 15 heavy (non-hydrogen) atoms. The molecule has 1 N–H and O–H groups in total. The molecule has 0 spiro atoms. The summed E-state index contributed by atoms with van der Waals surface area (Å²) in [6, 6.07) is -0.302. The molecule has 1 fully saturated rings. The highest BCUT2D eigenvalue weighted by atomic mass is 32.2. The smallest absolute Gasteiger partial charge is 0.344 e. The summed E-state index contributed by atoms with van der Waals surface area (Å²) < 4.78 is 35.3. The molecule has 1 atom stereocenters. The maximum Gasteiger partial charge on any atom is 0.441 e. The van der Waals surface area contributed by atoms with Gasteiger partial charge in [0.05, 0.1) is 6.04 Å². The maximum absolute atomic E-state index is 11.8. The molecule has 0 aliphatic carbocycles. The van der Waals surface area contributed by atoms with E-state index in [2.05, 4.69) is 5.32 Å². The van der Waals surface area contributed by atoms with Crippen molar-refractivity contribution in [2.75, 3.05) is 25.9 Å². The van der Waals surface area contributed by atoms with Crippen LogP contribution in [0, 0.1) is 0 Å². The van der Waals surface area contributed by atoms with Crippen LogP contribution in [0.4, 0.5) is 13.2 Å². The topological polar surface area (TPSA) is 32.3 Å². The van der Waals surface area contributed by atoms with E-state index in [1.807, 2.05) is 0 Å². The Labute approximate surface area is 90.4 Å². The van der Waals surface area contributed by atoms with Crippen LogP contribution in [0.5, 0.6) is 0 Å². The lowest BCUT2D eigenvalue weighted by molar-refractivity contribution is -0.128. The van der Waals surface area contributed by atoms with Crippen molar-refractivity contribution in [1.82, 2.24) is 10.2 Å². The lowest BCUT2D eigenvalue weighted by Gasteiger charge is -2.12. The molecule has 1 heterocycles.